The first-order valence-electron chi connectivity index (χ1n) is 12.6. The Hall–Kier alpha value is -1.64. The lowest BCUT2D eigenvalue weighted by Gasteiger charge is -2.46. The second-order valence-electron chi connectivity index (χ2n) is 11.2. The fourth-order valence-corrected chi connectivity index (χ4v) is 6.69. The molecule has 0 spiro atoms. The fraction of sp³-hybridized carbons (Fsp3) is 0.586. The Labute approximate surface area is 190 Å². The third kappa shape index (κ3) is 5.07. The minimum Gasteiger partial charge on any atom is -0.319 e. The van der Waals surface area contributed by atoms with Gasteiger partial charge in [0.15, 0.2) is 0 Å². The van der Waals surface area contributed by atoms with E-state index in [0.717, 1.165) is 6.54 Å². The smallest absolute Gasteiger partial charge is 0.104 e. The molecule has 4 rings (SSSR count). The maximum Gasteiger partial charge on any atom is 0.104 e. The third-order valence-electron chi connectivity index (χ3n) is 8.47. The van der Waals surface area contributed by atoms with Gasteiger partial charge >= 0.3 is 0 Å². The van der Waals surface area contributed by atoms with Crippen LogP contribution in [0.15, 0.2) is 60.7 Å². The lowest BCUT2D eigenvalue weighted by Crippen LogP contribution is -2.52. The molecule has 2 aromatic carbocycles. The van der Waals surface area contributed by atoms with Gasteiger partial charge in [0.2, 0.25) is 0 Å². The standard InChI is InChI=1S/C29H43N2/c1-4-5-6-13-20-31(22-27-16-11-8-12-17-27)24-28(2)18-19-30(23-29(28,3)25-31)21-26-14-9-7-10-15-26/h7-12,14-17H,4-6,13,18-25H2,1-3H3/q+1/t28-,29+,31?/m1/s1. The summed E-state index contributed by atoms with van der Waals surface area (Å²) in [6, 6.07) is 22.3. The van der Waals surface area contributed by atoms with Crippen LogP contribution in [-0.2, 0) is 13.1 Å². The van der Waals surface area contributed by atoms with Gasteiger partial charge in [-0.2, -0.15) is 0 Å². The average molecular weight is 420 g/mol. The molecule has 2 aliphatic rings. The number of hydrogen-bond acceptors (Lipinski definition) is 1. The van der Waals surface area contributed by atoms with Crippen molar-refractivity contribution in [3.8, 4) is 0 Å². The summed E-state index contributed by atoms with van der Waals surface area (Å²) in [7, 11) is 0. The average Bonchev–Trinajstić information content (AvgIpc) is 2.99. The van der Waals surface area contributed by atoms with Crippen LogP contribution in [0.2, 0.25) is 0 Å². The topological polar surface area (TPSA) is 3.24 Å². The number of likely N-dealkylation sites (tertiary alicyclic amines) is 2. The SMILES string of the molecule is CCCCCC[N+]1(Cc2ccccc2)C[C@]2(C)CN(Cc3ccccc3)CC[C@]2(C)C1. The third-order valence-corrected chi connectivity index (χ3v) is 8.47. The molecule has 2 nitrogen and oxygen atoms in total. The van der Waals surface area contributed by atoms with E-state index in [4.69, 9.17) is 0 Å². The van der Waals surface area contributed by atoms with Gasteiger partial charge in [0.1, 0.15) is 6.54 Å². The van der Waals surface area contributed by atoms with E-state index in [0.29, 0.717) is 10.8 Å². The Bertz CT molecular complexity index is 819. The number of fused-ring (bicyclic) bond motifs is 1. The minimum absolute atomic E-state index is 0.388. The highest BCUT2D eigenvalue weighted by atomic mass is 15.4. The number of hydrogen-bond donors (Lipinski definition) is 0. The largest absolute Gasteiger partial charge is 0.319 e. The van der Waals surface area contributed by atoms with Crippen molar-refractivity contribution in [3.05, 3.63) is 71.8 Å². The van der Waals surface area contributed by atoms with Crippen molar-refractivity contribution in [1.29, 1.82) is 0 Å². The first kappa shape index (κ1) is 22.6. The van der Waals surface area contributed by atoms with Crippen LogP contribution in [0.4, 0.5) is 0 Å². The van der Waals surface area contributed by atoms with Crippen molar-refractivity contribution in [1.82, 2.24) is 4.90 Å². The highest BCUT2D eigenvalue weighted by molar-refractivity contribution is 5.16. The number of nitrogens with zero attached hydrogens (tertiary/aromatic N) is 2. The molecule has 0 saturated carbocycles. The predicted molar refractivity (Wildman–Crippen MR) is 132 cm³/mol. The molecule has 0 bridgehead atoms. The molecule has 0 N–H and O–H groups in total. The molecule has 3 atom stereocenters. The maximum atomic E-state index is 2.73. The van der Waals surface area contributed by atoms with Gasteiger partial charge in [-0.15, -0.1) is 0 Å². The lowest BCUT2D eigenvalue weighted by molar-refractivity contribution is -0.934. The van der Waals surface area contributed by atoms with Crippen molar-refractivity contribution in [2.24, 2.45) is 10.8 Å². The van der Waals surface area contributed by atoms with Crippen molar-refractivity contribution in [2.45, 2.75) is 66.0 Å². The summed E-state index contributed by atoms with van der Waals surface area (Å²) in [6.07, 6.45) is 6.80. The van der Waals surface area contributed by atoms with E-state index in [1.165, 1.54) is 87.0 Å². The molecule has 2 fully saturated rings. The number of piperidine rings is 1. The fourth-order valence-electron chi connectivity index (χ4n) is 6.69. The predicted octanol–water partition coefficient (Wildman–Crippen LogP) is 6.52. The van der Waals surface area contributed by atoms with E-state index in [2.05, 4.69) is 86.3 Å². The summed E-state index contributed by atoms with van der Waals surface area (Å²) in [5.41, 5.74) is 3.81. The summed E-state index contributed by atoms with van der Waals surface area (Å²) in [5.74, 6) is 0. The zero-order valence-corrected chi connectivity index (χ0v) is 20.2. The normalized spacial score (nSPS) is 30.9. The van der Waals surface area contributed by atoms with Crippen LogP contribution in [0.25, 0.3) is 0 Å². The quantitative estimate of drug-likeness (QED) is 0.330. The summed E-state index contributed by atoms with van der Waals surface area (Å²) < 4.78 is 1.29. The first-order valence-corrected chi connectivity index (χ1v) is 12.6. The van der Waals surface area contributed by atoms with Gasteiger partial charge in [0, 0.05) is 29.5 Å². The van der Waals surface area contributed by atoms with Crippen LogP contribution < -0.4 is 0 Å². The Balaban J connectivity index is 1.52. The molecule has 2 aliphatic heterocycles. The highest BCUT2D eigenvalue weighted by Crippen LogP contribution is 2.55. The molecule has 0 radical (unpaired) electrons. The zero-order valence-electron chi connectivity index (χ0n) is 20.2. The maximum absolute atomic E-state index is 2.73. The number of rotatable bonds is 9. The molecular formula is C29H43N2+. The van der Waals surface area contributed by atoms with E-state index in [-0.39, 0.29) is 0 Å². The van der Waals surface area contributed by atoms with Crippen LogP contribution in [-0.4, -0.2) is 42.1 Å². The molecule has 0 aliphatic carbocycles. The molecule has 168 valence electrons. The molecule has 0 amide bonds. The molecule has 2 aromatic rings. The molecule has 2 saturated heterocycles. The summed E-state index contributed by atoms with van der Waals surface area (Å²) in [4.78, 5) is 2.73. The van der Waals surface area contributed by atoms with E-state index in [1.54, 1.807) is 0 Å². The molecular weight excluding hydrogens is 376 g/mol. The van der Waals surface area contributed by atoms with E-state index >= 15 is 0 Å². The molecule has 2 heterocycles. The molecule has 31 heavy (non-hydrogen) atoms. The van der Waals surface area contributed by atoms with Crippen molar-refractivity contribution in [3.63, 3.8) is 0 Å². The van der Waals surface area contributed by atoms with E-state index in [1.807, 2.05) is 0 Å². The number of benzene rings is 2. The van der Waals surface area contributed by atoms with Crippen LogP contribution in [0.5, 0.6) is 0 Å². The van der Waals surface area contributed by atoms with Crippen LogP contribution in [0, 0.1) is 10.8 Å². The Morgan fingerprint density at radius 1 is 0.806 bits per heavy atom. The van der Waals surface area contributed by atoms with Gasteiger partial charge in [-0.3, -0.25) is 4.90 Å². The van der Waals surface area contributed by atoms with Crippen LogP contribution >= 0.6 is 0 Å². The summed E-state index contributed by atoms with van der Waals surface area (Å²) in [6.45, 7) is 16.4. The van der Waals surface area contributed by atoms with Crippen molar-refractivity contribution < 1.29 is 4.48 Å². The summed E-state index contributed by atoms with van der Waals surface area (Å²) >= 11 is 0. The second-order valence-corrected chi connectivity index (χ2v) is 11.2. The molecule has 2 heteroatoms. The second kappa shape index (κ2) is 9.46. The van der Waals surface area contributed by atoms with Crippen LogP contribution in [0.3, 0.4) is 0 Å². The van der Waals surface area contributed by atoms with Gasteiger partial charge in [0.25, 0.3) is 0 Å². The van der Waals surface area contributed by atoms with Gasteiger partial charge in [0.05, 0.1) is 19.6 Å². The zero-order chi connectivity index (χ0) is 21.8. The Morgan fingerprint density at radius 3 is 2.13 bits per heavy atom. The van der Waals surface area contributed by atoms with Gasteiger partial charge in [-0.05, 0) is 31.4 Å². The van der Waals surface area contributed by atoms with Gasteiger partial charge in [-0.25, -0.2) is 0 Å². The van der Waals surface area contributed by atoms with Crippen molar-refractivity contribution >= 4 is 0 Å². The monoisotopic (exact) mass is 419 g/mol. The van der Waals surface area contributed by atoms with Gasteiger partial charge < -0.3 is 4.48 Å². The summed E-state index contributed by atoms with van der Waals surface area (Å²) in [5, 5.41) is 0. The van der Waals surface area contributed by atoms with E-state index in [9.17, 15) is 0 Å². The molecule has 1 unspecified atom stereocenters. The number of quaternary nitrogens is 1. The first-order chi connectivity index (χ1) is 15.0. The van der Waals surface area contributed by atoms with Crippen molar-refractivity contribution in [2.75, 3.05) is 32.7 Å². The Kier molecular flexibility index (Phi) is 6.89. The number of unbranched alkanes of at least 4 members (excludes halogenated alkanes) is 3. The lowest BCUT2D eigenvalue weighted by atomic mass is 9.64. The minimum atomic E-state index is 0.388. The van der Waals surface area contributed by atoms with E-state index < -0.39 is 0 Å². The van der Waals surface area contributed by atoms with Crippen LogP contribution in [0.1, 0.15) is 64.0 Å². The molecule has 0 aromatic heterocycles. The highest BCUT2D eigenvalue weighted by Gasteiger charge is 2.61. The van der Waals surface area contributed by atoms with Gasteiger partial charge in [-0.1, -0.05) is 94.3 Å². The Morgan fingerprint density at radius 2 is 1.45 bits per heavy atom.